The number of aromatic nitrogens is 2. The molecule has 3 atom stereocenters. The van der Waals surface area contributed by atoms with Crippen LogP contribution in [-0.2, 0) is 25.6 Å². The van der Waals surface area contributed by atoms with Gasteiger partial charge in [0.25, 0.3) is 0 Å². The summed E-state index contributed by atoms with van der Waals surface area (Å²) in [6, 6.07) is -2.48. The number of nitrogens with zero attached hydrogens (tertiary/aromatic N) is 2. The van der Waals surface area contributed by atoms with E-state index in [9.17, 15) is 24.3 Å². The number of aromatic amines is 1. The normalized spacial score (nSPS) is 23.5. The summed E-state index contributed by atoms with van der Waals surface area (Å²) in [5, 5.41) is 14.5. The molecule has 26 heavy (non-hydrogen) atoms. The average Bonchev–Trinajstić information content (AvgIpc) is 3.34. The van der Waals surface area contributed by atoms with E-state index in [1.54, 1.807) is 6.20 Å². The molecular formula is C16H21N5O5. The summed E-state index contributed by atoms with van der Waals surface area (Å²) in [7, 11) is 0. The number of aliphatic carboxylic acids is 1. The predicted molar refractivity (Wildman–Crippen MR) is 87.8 cm³/mol. The van der Waals surface area contributed by atoms with Crippen LogP contribution < -0.4 is 10.6 Å². The summed E-state index contributed by atoms with van der Waals surface area (Å²) >= 11 is 0. The highest BCUT2D eigenvalue weighted by Crippen LogP contribution is 2.19. The van der Waals surface area contributed by atoms with Crippen LogP contribution in [-0.4, -0.2) is 68.3 Å². The van der Waals surface area contributed by atoms with Crippen molar-refractivity contribution in [2.75, 3.05) is 6.54 Å². The smallest absolute Gasteiger partial charge is 0.326 e. The Morgan fingerprint density at radius 1 is 1.38 bits per heavy atom. The maximum atomic E-state index is 12.9. The second-order valence-electron chi connectivity index (χ2n) is 6.53. The first-order valence-electron chi connectivity index (χ1n) is 8.56. The van der Waals surface area contributed by atoms with E-state index in [1.165, 1.54) is 11.2 Å². The molecule has 0 aliphatic carbocycles. The number of hydrogen-bond acceptors (Lipinski definition) is 5. The number of imidazole rings is 1. The van der Waals surface area contributed by atoms with E-state index in [0.717, 1.165) is 0 Å². The maximum Gasteiger partial charge on any atom is 0.326 e. The van der Waals surface area contributed by atoms with Crippen LogP contribution in [0.5, 0.6) is 0 Å². The number of nitrogens with one attached hydrogen (secondary N) is 3. The Hall–Kier alpha value is -2.91. The number of likely N-dealkylation sites (tertiary alicyclic amines) is 1. The van der Waals surface area contributed by atoms with E-state index < -0.39 is 35.9 Å². The molecule has 3 heterocycles. The quantitative estimate of drug-likeness (QED) is 0.499. The van der Waals surface area contributed by atoms with E-state index in [0.29, 0.717) is 31.5 Å². The predicted octanol–water partition coefficient (Wildman–Crippen LogP) is -1.21. The topological polar surface area (TPSA) is 144 Å². The molecule has 1 aromatic heterocycles. The second-order valence-corrected chi connectivity index (χ2v) is 6.53. The van der Waals surface area contributed by atoms with Gasteiger partial charge in [-0.05, 0) is 19.3 Å². The van der Waals surface area contributed by atoms with Crippen LogP contribution in [0.25, 0.3) is 0 Å². The second kappa shape index (κ2) is 7.54. The van der Waals surface area contributed by atoms with Crippen LogP contribution in [0.3, 0.4) is 0 Å². The van der Waals surface area contributed by atoms with Gasteiger partial charge in [0.15, 0.2) is 0 Å². The standard InChI is InChI=1S/C16H21N5O5/c22-13-4-3-10(19-13)14(23)20-11(6-9-7-17-8-18-9)15(24)21-5-1-2-12(21)16(25)26/h7-8,10-12H,1-6H2,(H,17,18)(H,19,22)(H,20,23)(H,25,26)/t10-,11-,12+/m1/s1. The first-order valence-corrected chi connectivity index (χ1v) is 8.56. The summed E-state index contributed by atoms with van der Waals surface area (Å²) < 4.78 is 0. The van der Waals surface area contributed by atoms with E-state index >= 15 is 0 Å². The number of H-pyrrole nitrogens is 1. The molecule has 10 heteroatoms. The Kier molecular flexibility index (Phi) is 5.19. The summed E-state index contributed by atoms with van der Waals surface area (Å²) in [6.07, 6.45) is 4.81. The van der Waals surface area contributed by atoms with Crippen molar-refractivity contribution in [1.82, 2.24) is 25.5 Å². The SMILES string of the molecule is O=C1CC[C@H](C(=O)N[C@H](Cc2cnc[nH]2)C(=O)N2CCC[C@H]2C(=O)O)N1. The zero-order valence-electron chi connectivity index (χ0n) is 14.1. The summed E-state index contributed by atoms with van der Waals surface area (Å²) in [4.78, 5) is 56.1. The fourth-order valence-electron chi connectivity index (χ4n) is 3.39. The van der Waals surface area contributed by atoms with Gasteiger partial charge in [0, 0.05) is 31.3 Å². The lowest BCUT2D eigenvalue weighted by Crippen LogP contribution is -2.55. The molecule has 10 nitrogen and oxygen atoms in total. The van der Waals surface area contributed by atoms with Crippen molar-refractivity contribution in [3.05, 3.63) is 18.2 Å². The van der Waals surface area contributed by atoms with Crippen LogP contribution in [0, 0.1) is 0 Å². The van der Waals surface area contributed by atoms with Crippen molar-refractivity contribution >= 4 is 23.7 Å². The Morgan fingerprint density at radius 2 is 2.19 bits per heavy atom. The number of hydrogen-bond donors (Lipinski definition) is 4. The van der Waals surface area contributed by atoms with Gasteiger partial charge in [0.2, 0.25) is 17.7 Å². The van der Waals surface area contributed by atoms with Crippen molar-refractivity contribution < 1.29 is 24.3 Å². The van der Waals surface area contributed by atoms with Gasteiger partial charge in [-0.3, -0.25) is 14.4 Å². The van der Waals surface area contributed by atoms with Crippen LogP contribution >= 0.6 is 0 Å². The number of carboxylic acids is 1. The van der Waals surface area contributed by atoms with Crippen LogP contribution in [0.4, 0.5) is 0 Å². The molecule has 0 spiro atoms. The molecule has 3 amide bonds. The van der Waals surface area contributed by atoms with Gasteiger partial charge >= 0.3 is 5.97 Å². The lowest BCUT2D eigenvalue weighted by Gasteiger charge is -2.27. The monoisotopic (exact) mass is 363 g/mol. The molecule has 2 aliphatic rings. The Balaban J connectivity index is 1.74. The lowest BCUT2D eigenvalue weighted by molar-refractivity contribution is -0.149. The minimum absolute atomic E-state index is 0.161. The van der Waals surface area contributed by atoms with Gasteiger partial charge in [-0.15, -0.1) is 0 Å². The molecule has 140 valence electrons. The van der Waals surface area contributed by atoms with Gasteiger partial charge in [-0.1, -0.05) is 0 Å². The number of carboxylic acid groups (broad SMARTS) is 1. The molecule has 2 saturated heterocycles. The zero-order chi connectivity index (χ0) is 18.7. The molecule has 0 radical (unpaired) electrons. The minimum atomic E-state index is -1.05. The van der Waals surface area contributed by atoms with Crippen molar-refractivity contribution in [3.63, 3.8) is 0 Å². The number of amides is 3. The van der Waals surface area contributed by atoms with Gasteiger partial charge < -0.3 is 25.6 Å². The fraction of sp³-hybridized carbons (Fsp3) is 0.562. The molecule has 3 rings (SSSR count). The highest BCUT2D eigenvalue weighted by molar-refractivity contribution is 5.95. The van der Waals surface area contributed by atoms with Crippen molar-refractivity contribution in [2.24, 2.45) is 0 Å². The molecule has 2 aliphatic heterocycles. The van der Waals surface area contributed by atoms with E-state index in [2.05, 4.69) is 20.6 Å². The highest BCUT2D eigenvalue weighted by Gasteiger charge is 2.39. The molecule has 4 N–H and O–H groups in total. The number of rotatable bonds is 6. The van der Waals surface area contributed by atoms with Crippen LogP contribution in [0.2, 0.25) is 0 Å². The molecule has 1 aromatic rings. The molecule has 2 fully saturated rings. The van der Waals surface area contributed by atoms with Crippen molar-refractivity contribution in [1.29, 1.82) is 0 Å². The highest BCUT2D eigenvalue weighted by atomic mass is 16.4. The van der Waals surface area contributed by atoms with Gasteiger partial charge in [-0.2, -0.15) is 0 Å². The van der Waals surface area contributed by atoms with E-state index in [1.807, 2.05) is 0 Å². The number of carbonyl (C=O) groups excluding carboxylic acids is 3. The largest absolute Gasteiger partial charge is 0.480 e. The maximum absolute atomic E-state index is 12.9. The third-order valence-electron chi connectivity index (χ3n) is 4.73. The summed E-state index contributed by atoms with van der Waals surface area (Å²) in [5.41, 5.74) is 0.644. The first-order chi connectivity index (χ1) is 12.5. The third kappa shape index (κ3) is 3.84. The first kappa shape index (κ1) is 17.9. The Bertz CT molecular complexity index is 704. The zero-order valence-corrected chi connectivity index (χ0v) is 14.1. The van der Waals surface area contributed by atoms with Crippen molar-refractivity contribution in [3.8, 4) is 0 Å². The average molecular weight is 363 g/mol. The lowest BCUT2D eigenvalue weighted by atomic mass is 10.1. The summed E-state index contributed by atoms with van der Waals surface area (Å²) in [6.45, 7) is 0.339. The van der Waals surface area contributed by atoms with E-state index in [4.69, 9.17) is 0 Å². The third-order valence-corrected chi connectivity index (χ3v) is 4.73. The number of carbonyl (C=O) groups is 4. The molecule has 0 bridgehead atoms. The van der Waals surface area contributed by atoms with Crippen molar-refractivity contribution in [2.45, 2.75) is 50.2 Å². The minimum Gasteiger partial charge on any atom is -0.480 e. The molecule has 0 aromatic carbocycles. The molecule has 0 unspecified atom stereocenters. The summed E-state index contributed by atoms with van der Waals surface area (Å²) in [5.74, 6) is -2.14. The van der Waals surface area contributed by atoms with Crippen LogP contribution in [0.1, 0.15) is 31.4 Å². The molecular weight excluding hydrogens is 342 g/mol. The Labute approximate surface area is 149 Å². The molecule has 0 saturated carbocycles. The van der Waals surface area contributed by atoms with Gasteiger partial charge in [0.05, 0.1) is 6.33 Å². The van der Waals surface area contributed by atoms with E-state index in [-0.39, 0.29) is 18.7 Å². The van der Waals surface area contributed by atoms with Gasteiger partial charge in [0.1, 0.15) is 18.1 Å². The fourth-order valence-corrected chi connectivity index (χ4v) is 3.39. The van der Waals surface area contributed by atoms with Gasteiger partial charge in [-0.25, -0.2) is 9.78 Å². The Morgan fingerprint density at radius 3 is 2.81 bits per heavy atom. The van der Waals surface area contributed by atoms with Crippen LogP contribution in [0.15, 0.2) is 12.5 Å².